The van der Waals surface area contributed by atoms with Crippen LogP contribution in [0.5, 0.6) is 0 Å². The molecule has 40 heavy (non-hydrogen) atoms. The maximum atomic E-state index is 12.4. The number of pyridine rings is 1. The average Bonchev–Trinajstić information content (AvgIpc) is 3.58. The number of ether oxygens (including phenoxy) is 1. The predicted octanol–water partition coefficient (Wildman–Crippen LogP) is 5.31. The van der Waals surface area contributed by atoms with Crippen molar-refractivity contribution in [2.24, 2.45) is 7.05 Å². The topological polar surface area (TPSA) is 104 Å². The number of hydrogen-bond donors (Lipinski definition) is 1. The van der Waals surface area contributed by atoms with Crippen LogP contribution in [0.25, 0.3) is 50.4 Å². The molecule has 0 spiro atoms. The van der Waals surface area contributed by atoms with Gasteiger partial charge in [0.2, 0.25) is 5.91 Å². The fourth-order valence-corrected chi connectivity index (χ4v) is 5.37. The van der Waals surface area contributed by atoms with Gasteiger partial charge in [-0.2, -0.15) is 0 Å². The Morgan fingerprint density at radius 2 is 1.85 bits per heavy atom. The monoisotopic (exact) mass is 528 g/mol. The van der Waals surface area contributed by atoms with E-state index >= 15 is 0 Å². The Balaban J connectivity index is 1.53. The molecule has 3 aromatic carbocycles. The van der Waals surface area contributed by atoms with E-state index in [2.05, 4.69) is 20.9 Å². The zero-order valence-electron chi connectivity index (χ0n) is 21.9. The van der Waals surface area contributed by atoms with Crippen molar-refractivity contribution in [1.29, 1.82) is 0 Å². The number of hydrogen-bond acceptors (Lipinski definition) is 6. The molecule has 0 unspecified atom stereocenters. The Hall–Kier alpha value is -5.31. The summed E-state index contributed by atoms with van der Waals surface area (Å²) in [5.41, 5.74) is 8.09. The predicted molar refractivity (Wildman–Crippen MR) is 152 cm³/mol. The Morgan fingerprint density at radius 3 is 2.67 bits per heavy atom. The molecule has 196 valence electrons. The highest BCUT2D eigenvalue weighted by molar-refractivity contribution is 5.99. The first-order valence-corrected chi connectivity index (χ1v) is 12.9. The van der Waals surface area contributed by atoms with Crippen LogP contribution < -0.4 is 5.32 Å². The molecule has 0 saturated carbocycles. The molecule has 0 aliphatic carbocycles. The van der Waals surface area contributed by atoms with Crippen molar-refractivity contribution in [3.8, 4) is 28.5 Å². The quantitative estimate of drug-likeness (QED) is 0.311. The number of carbonyl (C=O) groups excluding carboxylic acids is 2. The zero-order chi connectivity index (χ0) is 27.4. The number of carbonyl (C=O) groups is 2. The Labute approximate surface area is 229 Å². The molecular formula is C31H24N6O3. The van der Waals surface area contributed by atoms with Crippen LogP contribution in [0.1, 0.15) is 22.3 Å². The first-order chi connectivity index (χ1) is 19.5. The third kappa shape index (κ3) is 3.82. The van der Waals surface area contributed by atoms with Crippen LogP contribution >= 0.6 is 0 Å². The smallest absolute Gasteiger partial charge is 0.337 e. The van der Waals surface area contributed by atoms with Crippen molar-refractivity contribution in [3.63, 3.8) is 0 Å². The van der Waals surface area contributed by atoms with Crippen LogP contribution in [0.2, 0.25) is 0 Å². The number of benzene rings is 3. The fourth-order valence-electron chi connectivity index (χ4n) is 5.37. The van der Waals surface area contributed by atoms with Crippen LogP contribution in [-0.2, 0) is 23.0 Å². The summed E-state index contributed by atoms with van der Waals surface area (Å²) in [7, 11) is 3.31. The zero-order valence-corrected chi connectivity index (χ0v) is 21.9. The minimum Gasteiger partial charge on any atom is -0.465 e. The van der Waals surface area contributed by atoms with Crippen molar-refractivity contribution in [3.05, 3.63) is 90.4 Å². The first kappa shape index (κ1) is 23.8. The number of aromatic nitrogens is 5. The molecule has 1 aliphatic heterocycles. The highest BCUT2D eigenvalue weighted by Crippen LogP contribution is 2.36. The van der Waals surface area contributed by atoms with E-state index in [1.54, 1.807) is 24.7 Å². The van der Waals surface area contributed by atoms with Crippen molar-refractivity contribution in [2.75, 3.05) is 12.4 Å². The van der Waals surface area contributed by atoms with Gasteiger partial charge < -0.3 is 14.6 Å². The number of amides is 1. The molecule has 3 aromatic heterocycles. The van der Waals surface area contributed by atoms with Gasteiger partial charge in [-0.1, -0.05) is 18.2 Å². The number of para-hydroxylation sites is 1. The molecule has 0 fully saturated rings. The number of nitrogens with zero attached hydrogens (tertiary/aromatic N) is 5. The fraction of sp³-hybridized carbons (Fsp3) is 0.129. The van der Waals surface area contributed by atoms with Gasteiger partial charge in [0.15, 0.2) is 0 Å². The maximum absolute atomic E-state index is 12.4. The molecule has 1 aliphatic rings. The largest absolute Gasteiger partial charge is 0.465 e. The number of nitrogens with one attached hydrogen (secondary N) is 1. The summed E-state index contributed by atoms with van der Waals surface area (Å²) >= 11 is 0. The second-order valence-electron chi connectivity index (χ2n) is 9.82. The number of imidazole rings is 2. The van der Waals surface area contributed by atoms with E-state index in [-0.39, 0.29) is 5.91 Å². The molecule has 0 atom stereocenters. The van der Waals surface area contributed by atoms with Gasteiger partial charge in [-0.3, -0.25) is 9.36 Å². The molecule has 7 rings (SSSR count). The number of methoxy groups -OCH3 is 1. The van der Waals surface area contributed by atoms with E-state index in [0.717, 1.165) is 50.3 Å². The molecule has 9 nitrogen and oxygen atoms in total. The normalized spacial score (nSPS) is 12.9. The summed E-state index contributed by atoms with van der Waals surface area (Å²) in [6.07, 6.45) is 4.65. The second kappa shape index (κ2) is 9.16. The SMILES string of the molecule is COC(=O)c1ccc2c(c1)nc(-c1cc(-c3cncn3C)nc3ccccc13)n2-c1ccc2c(c1)CCC(=O)N2. The van der Waals surface area contributed by atoms with Crippen LogP contribution in [0, 0.1) is 0 Å². The molecule has 0 bridgehead atoms. The molecule has 6 aromatic rings. The summed E-state index contributed by atoms with van der Waals surface area (Å²) in [6, 6.07) is 21.4. The molecule has 9 heteroatoms. The van der Waals surface area contributed by atoms with Crippen LogP contribution in [0.15, 0.2) is 79.3 Å². The van der Waals surface area contributed by atoms with Crippen molar-refractivity contribution < 1.29 is 14.3 Å². The van der Waals surface area contributed by atoms with Gasteiger partial charge in [0, 0.05) is 35.8 Å². The van der Waals surface area contributed by atoms with Gasteiger partial charge in [0.25, 0.3) is 0 Å². The Morgan fingerprint density at radius 1 is 0.975 bits per heavy atom. The lowest BCUT2D eigenvalue weighted by atomic mass is 10.0. The van der Waals surface area contributed by atoms with Gasteiger partial charge >= 0.3 is 5.97 Å². The lowest BCUT2D eigenvalue weighted by Crippen LogP contribution is -2.19. The van der Waals surface area contributed by atoms with E-state index in [0.29, 0.717) is 29.7 Å². The minimum atomic E-state index is -0.421. The lowest BCUT2D eigenvalue weighted by molar-refractivity contribution is -0.116. The van der Waals surface area contributed by atoms with E-state index in [1.807, 2.05) is 60.1 Å². The lowest BCUT2D eigenvalue weighted by Gasteiger charge is -2.19. The molecule has 1 N–H and O–H groups in total. The first-order valence-electron chi connectivity index (χ1n) is 12.9. The molecular weight excluding hydrogens is 504 g/mol. The highest BCUT2D eigenvalue weighted by Gasteiger charge is 2.22. The van der Waals surface area contributed by atoms with E-state index in [1.165, 1.54) is 7.11 Å². The molecule has 4 heterocycles. The second-order valence-corrected chi connectivity index (χ2v) is 9.82. The average molecular weight is 529 g/mol. The minimum absolute atomic E-state index is 0.0234. The Bertz CT molecular complexity index is 1990. The Kier molecular flexibility index (Phi) is 5.45. The number of aryl methyl sites for hydroxylation is 2. The maximum Gasteiger partial charge on any atom is 0.337 e. The standard InChI is InChI=1S/C31H24N6O3/c1-36-17-32-16-28(36)26-15-22(21-5-3-4-6-24(21)33-26)30-35-25-14-19(31(39)40-2)7-11-27(25)37(30)20-9-10-23-18(13-20)8-12-29(38)34-23/h3-7,9-11,13-17H,8,12H2,1-2H3,(H,34,38). The summed E-state index contributed by atoms with van der Waals surface area (Å²) in [4.78, 5) is 38.6. The number of anilines is 1. The third-order valence-electron chi connectivity index (χ3n) is 7.35. The van der Waals surface area contributed by atoms with Crippen molar-refractivity contribution in [1.82, 2.24) is 24.1 Å². The van der Waals surface area contributed by atoms with E-state index < -0.39 is 5.97 Å². The van der Waals surface area contributed by atoms with Gasteiger partial charge in [0.05, 0.1) is 53.1 Å². The summed E-state index contributed by atoms with van der Waals surface area (Å²) in [5.74, 6) is 0.310. The molecule has 0 radical (unpaired) electrons. The number of esters is 1. The van der Waals surface area contributed by atoms with Gasteiger partial charge in [-0.05, 0) is 60.5 Å². The van der Waals surface area contributed by atoms with Crippen LogP contribution in [0.3, 0.4) is 0 Å². The highest BCUT2D eigenvalue weighted by atomic mass is 16.5. The van der Waals surface area contributed by atoms with E-state index in [9.17, 15) is 9.59 Å². The summed E-state index contributed by atoms with van der Waals surface area (Å²) in [6.45, 7) is 0. The summed E-state index contributed by atoms with van der Waals surface area (Å²) < 4.78 is 9.00. The van der Waals surface area contributed by atoms with Crippen LogP contribution in [0.4, 0.5) is 5.69 Å². The van der Waals surface area contributed by atoms with Gasteiger partial charge in [-0.15, -0.1) is 0 Å². The van der Waals surface area contributed by atoms with Crippen molar-refractivity contribution in [2.45, 2.75) is 12.8 Å². The number of rotatable bonds is 4. The van der Waals surface area contributed by atoms with E-state index in [4.69, 9.17) is 14.7 Å². The van der Waals surface area contributed by atoms with Crippen molar-refractivity contribution >= 4 is 39.5 Å². The third-order valence-corrected chi connectivity index (χ3v) is 7.35. The summed E-state index contributed by atoms with van der Waals surface area (Å²) in [5, 5.41) is 3.91. The van der Waals surface area contributed by atoms with Crippen LogP contribution in [-0.4, -0.2) is 43.1 Å². The van der Waals surface area contributed by atoms with Gasteiger partial charge in [-0.25, -0.2) is 19.7 Å². The molecule has 0 saturated heterocycles. The van der Waals surface area contributed by atoms with Gasteiger partial charge in [0.1, 0.15) is 5.82 Å². The number of fused-ring (bicyclic) bond motifs is 3. The molecule has 1 amide bonds.